The molecule has 1 saturated carbocycles. The second-order valence-electron chi connectivity index (χ2n) is 7.13. The van der Waals surface area contributed by atoms with Crippen molar-refractivity contribution in [2.24, 2.45) is 4.99 Å². The molecule has 0 unspecified atom stereocenters. The van der Waals surface area contributed by atoms with Gasteiger partial charge in [0, 0.05) is 38.2 Å². The first-order valence-corrected chi connectivity index (χ1v) is 10.1. The zero-order chi connectivity index (χ0) is 20.6. The zero-order valence-electron chi connectivity index (χ0n) is 16.8. The molecule has 0 spiro atoms. The fourth-order valence-corrected chi connectivity index (χ4v) is 3.11. The quantitative estimate of drug-likeness (QED) is 0.514. The summed E-state index contributed by atoms with van der Waals surface area (Å²) >= 11 is 6.26. The van der Waals surface area contributed by atoms with Gasteiger partial charge in [0.1, 0.15) is 5.75 Å². The molecule has 0 heterocycles. The summed E-state index contributed by atoms with van der Waals surface area (Å²) in [5.41, 5.74) is 2.08. The average molecular weight is 415 g/mol. The predicted molar refractivity (Wildman–Crippen MR) is 116 cm³/mol. The predicted octanol–water partition coefficient (Wildman–Crippen LogP) is 3.20. The summed E-state index contributed by atoms with van der Waals surface area (Å²) in [6, 6.07) is 15.8. The molecular weight excluding hydrogens is 388 g/mol. The lowest BCUT2D eigenvalue weighted by atomic mass is 10.2. The molecule has 1 amide bonds. The van der Waals surface area contributed by atoms with Crippen molar-refractivity contribution in [1.29, 1.82) is 0 Å². The molecule has 2 aromatic rings. The van der Waals surface area contributed by atoms with Gasteiger partial charge in [0.2, 0.25) is 0 Å². The maximum atomic E-state index is 11.8. The molecule has 7 heteroatoms. The van der Waals surface area contributed by atoms with Crippen LogP contribution in [-0.2, 0) is 17.9 Å². The minimum atomic E-state index is -0.0716. The van der Waals surface area contributed by atoms with Crippen molar-refractivity contribution in [1.82, 2.24) is 15.5 Å². The van der Waals surface area contributed by atoms with Crippen LogP contribution in [0.3, 0.4) is 0 Å². The molecule has 2 aromatic carbocycles. The molecule has 0 aromatic heterocycles. The van der Waals surface area contributed by atoms with E-state index in [0.717, 1.165) is 35.0 Å². The molecule has 0 saturated heterocycles. The van der Waals surface area contributed by atoms with Gasteiger partial charge in [0.05, 0.1) is 0 Å². The van der Waals surface area contributed by atoms with Gasteiger partial charge in [-0.25, -0.2) is 0 Å². The summed E-state index contributed by atoms with van der Waals surface area (Å²) in [5.74, 6) is 1.37. The van der Waals surface area contributed by atoms with Gasteiger partial charge in [-0.05, 0) is 42.2 Å². The number of ether oxygens (including phenoxy) is 1. The molecule has 0 aliphatic heterocycles. The Morgan fingerprint density at radius 1 is 1.24 bits per heavy atom. The third-order valence-corrected chi connectivity index (χ3v) is 4.97. The Morgan fingerprint density at radius 3 is 2.76 bits per heavy atom. The van der Waals surface area contributed by atoms with Gasteiger partial charge < -0.3 is 20.3 Å². The molecule has 0 atom stereocenters. The molecule has 1 fully saturated rings. The normalized spacial score (nSPS) is 13.7. The van der Waals surface area contributed by atoms with Crippen LogP contribution in [-0.4, -0.2) is 43.5 Å². The van der Waals surface area contributed by atoms with E-state index in [9.17, 15) is 4.79 Å². The lowest BCUT2D eigenvalue weighted by Gasteiger charge is -2.22. The molecule has 2 N–H and O–H groups in total. The van der Waals surface area contributed by atoms with Crippen LogP contribution >= 0.6 is 11.6 Å². The van der Waals surface area contributed by atoms with Crippen LogP contribution in [0.15, 0.2) is 53.5 Å². The van der Waals surface area contributed by atoms with Gasteiger partial charge in [-0.15, -0.1) is 0 Å². The van der Waals surface area contributed by atoms with Crippen LogP contribution in [0.1, 0.15) is 24.0 Å². The maximum absolute atomic E-state index is 11.8. The third kappa shape index (κ3) is 6.68. The van der Waals surface area contributed by atoms with Crippen molar-refractivity contribution in [3.63, 3.8) is 0 Å². The van der Waals surface area contributed by atoms with Crippen LogP contribution < -0.4 is 15.4 Å². The lowest BCUT2D eigenvalue weighted by molar-refractivity contribution is -0.123. The standard InChI is InChI=1S/C22H27ClN4O2/c1-24-22(27(2)14-17-7-3-4-9-20(17)23)25-13-16-6-5-8-19(12-16)29-15-21(28)26-18-10-11-18/h3-9,12,18H,10-11,13-15H2,1-2H3,(H,24,25)(H,26,28). The molecule has 6 nitrogen and oxygen atoms in total. The number of benzene rings is 2. The number of aliphatic imine (C=N–C) groups is 1. The van der Waals surface area contributed by atoms with Gasteiger partial charge in [-0.1, -0.05) is 41.9 Å². The lowest BCUT2D eigenvalue weighted by Crippen LogP contribution is -2.38. The van der Waals surface area contributed by atoms with Crippen LogP contribution in [0.25, 0.3) is 0 Å². The summed E-state index contributed by atoms with van der Waals surface area (Å²) in [7, 11) is 3.72. The number of nitrogens with zero attached hydrogens (tertiary/aromatic N) is 2. The van der Waals surface area contributed by atoms with Crippen molar-refractivity contribution >= 4 is 23.5 Å². The van der Waals surface area contributed by atoms with Crippen LogP contribution in [0.4, 0.5) is 0 Å². The molecule has 1 aliphatic carbocycles. The zero-order valence-corrected chi connectivity index (χ0v) is 17.6. The molecule has 0 radical (unpaired) electrons. The summed E-state index contributed by atoms with van der Waals surface area (Å²) < 4.78 is 5.61. The number of amides is 1. The molecule has 3 rings (SSSR count). The third-order valence-electron chi connectivity index (χ3n) is 4.60. The Morgan fingerprint density at radius 2 is 2.03 bits per heavy atom. The van der Waals surface area contributed by atoms with Crippen LogP contribution in [0.5, 0.6) is 5.75 Å². The van der Waals surface area contributed by atoms with Gasteiger partial charge in [0.15, 0.2) is 12.6 Å². The Bertz CT molecular complexity index is 867. The first-order chi connectivity index (χ1) is 14.0. The summed E-state index contributed by atoms with van der Waals surface area (Å²) in [4.78, 5) is 18.1. The van der Waals surface area contributed by atoms with Crippen molar-refractivity contribution in [2.45, 2.75) is 32.0 Å². The smallest absolute Gasteiger partial charge is 0.258 e. The Balaban J connectivity index is 1.51. The van der Waals surface area contributed by atoms with Gasteiger partial charge in [0.25, 0.3) is 5.91 Å². The molecule has 0 bridgehead atoms. The van der Waals surface area contributed by atoms with Crippen LogP contribution in [0, 0.1) is 0 Å². The van der Waals surface area contributed by atoms with Crippen molar-refractivity contribution in [3.05, 3.63) is 64.7 Å². The van der Waals surface area contributed by atoms with Gasteiger partial charge in [-0.2, -0.15) is 0 Å². The second kappa shape index (κ2) is 10.2. The monoisotopic (exact) mass is 414 g/mol. The molecular formula is C22H27ClN4O2. The fraction of sp³-hybridized carbons (Fsp3) is 0.364. The van der Waals surface area contributed by atoms with E-state index in [1.54, 1.807) is 7.05 Å². The number of rotatable bonds is 8. The second-order valence-corrected chi connectivity index (χ2v) is 7.53. The van der Waals surface area contributed by atoms with E-state index >= 15 is 0 Å². The molecule has 154 valence electrons. The summed E-state index contributed by atoms with van der Waals surface area (Å²) in [5, 5.41) is 7.01. The number of guanidine groups is 1. The van der Waals surface area contributed by atoms with E-state index in [4.69, 9.17) is 16.3 Å². The topological polar surface area (TPSA) is 66.0 Å². The van der Waals surface area contributed by atoms with Crippen molar-refractivity contribution < 1.29 is 9.53 Å². The Kier molecular flexibility index (Phi) is 7.36. The highest BCUT2D eigenvalue weighted by atomic mass is 35.5. The van der Waals surface area contributed by atoms with Crippen LogP contribution in [0.2, 0.25) is 5.02 Å². The maximum Gasteiger partial charge on any atom is 0.258 e. The molecule has 1 aliphatic rings. The first-order valence-electron chi connectivity index (χ1n) is 9.71. The Hall–Kier alpha value is -2.73. The first kappa shape index (κ1) is 21.0. The SMILES string of the molecule is CN=C(NCc1cccc(OCC(=O)NC2CC2)c1)N(C)Cc1ccccc1Cl. The number of nitrogens with one attached hydrogen (secondary N) is 2. The van der Waals surface area contributed by atoms with E-state index in [-0.39, 0.29) is 12.5 Å². The highest BCUT2D eigenvalue weighted by molar-refractivity contribution is 6.31. The van der Waals surface area contributed by atoms with E-state index in [1.165, 1.54) is 0 Å². The highest BCUT2D eigenvalue weighted by Crippen LogP contribution is 2.19. The van der Waals surface area contributed by atoms with E-state index in [0.29, 0.717) is 24.9 Å². The number of carbonyl (C=O) groups is 1. The summed E-state index contributed by atoms with van der Waals surface area (Å²) in [6.45, 7) is 1.28. The number of hydrogen-bond acceptors (Lipinski definition) is 3. The minimum Gasteiger partial charge on any atom is -0.484 e. The van der Waals surface area contributed by atoms with E-state index < -0.39 is 0 Å². The van der Waals surface area contributed by atoms with E-state index in [1.807, 2.05) is 60.5 Å². The van der Waals surface area contributed by atoms with E-state index in [2.05, 4.69) is 15.6 Å². The summed E-state index contributed by atoms with van der Waals surface area (Å²) in [6.07, 6.45) is 2.14. The van der Waals surface area contributed by atoms with Gasteiger partial charge >= 0.3 is 0 Å². The number of hydrogen-bond donors (Lipinski definition) is 2. The molecule has 29 heavy (non-hydrogen) atoms. The van der Waals surface area contributed by atoms with Gasteiger partial charge in [-0.3, -0.25) is 9.79 Å². The fourth-order valence-electron chi connectivity index (χ4n) is 2.91. The Labute approximate surface area is 176 Å². The number of carbonyl (C=O) groups excluding carboxylic acids is 1. The average Bonchev–Trinajstić information content (AvgIpc) is 3.53. The van der Waals surface area contributed by atoms with Crippen molar-refractivity contribution in [2.75, 3.05) is 20.7 Å². The minimum absolute atomic E-state index is 0.0373. The highest BCUT2D eigenvalue weighted by Gasteiger charge is 2.23. The van der Waals surface area contributed by atoms with Crippen molar-refractivity contribution in [3.8, 4) is 5.75 Å². The largest absolute Gasteiger partial charge is 0.484 e. The number of halogens is 1.